The number of carbonyl (C=O) groups excluding carboxylic acids is 1. The molecule has 1 aromatic heterocycles. The summed E-state index contributed by atoms with van der Waals surface area (Å²) < 4.78 is 1.02. The number of hydrogen-bond donors (Lipinski definition) is 0. The van der Waals surface area contributed by atoms with E-state index in [9.17, 15) is 4.79 Å². The van der Waals surface area contributed by atoms with Crippen LogP contribution in [0.4, 0.5) is 0 Å². The molecule has 1 saturated heterocycles. The largest absolute Gasteiger partial charge is 0.305 e. The van der Waals surface area contributed by atoms with Crippen LogP contribution in [-0.4, -0.2) is 55.4 Å². The molecule has 0 amide bonds. The predicted octanol–water partition coefficient (Wildman–Crippen LogP) is 2.33. The Bertz CT molecular complexity index is 394. The summed E-state index contributed by atoms with van der Waals surface area (Å²) in [5.74, 6) is 0.241. The zero-order chi connectivity index (χ0) is 12.3. The highest BCUT2D eigenvalue weighted by Gasteiger charge is 2.16. The van der Waals surface area contributed by atoms with E-state index in [1.165, 1.54) is 11.3 Å². The Morgan fingerprint density at radius 1 is 1.35 bits per heavy atom. The van der Waals surface area contributed by atoms with Gasteiger partial charge in [-0.25, -0.2) is 0 Å². The number of rotatable bonds is 3. The minimum absolute atomic E-state index is 0.241. The molecule has 0 aromatic carbocycles. The summed E-state index contributed by atoms with van der Waals surface area (Å²) in [6.45, 7) is 4.77. The number of ketones is 1. The van der Waals surface area contributed by atoms with E-state index in [1.807, 2.05) is 12.1 Å². The highest BCUT2D eigenvalue weighted by Crippen LogP contribution is 2.22. The number of halogens is 1. The van der Waals surface area contributed by atoms with E-state index < -0.39 is 0 Å². The number of likely N-dealkylation sites (N-methyl/N-ethyl adjacent to an activating group) is 1. The summed E-state index contributed by atoms with van der Waals surface area (Å²) in [6, 6.07) is 3.84. The van der Waals surface area contributed by atoms with Gasteiger partial charge in [-0.2, -0.15) is 0 Å². The van der Waals surface area contributed by atoms with Crippen LogP contribution in [0.25, 0.3) is 0 Å². The Hall–Kier alpha value is -0.230. The Balaban J connectivity index is 1.90. The quantitative estimate of drug-likeness (QED) is 0.800. The first kappa shape index (κ1) is 13.2. The van der Waals surface area contributed by atoms with Crippen molar-refractivity contribution in [3.8, 4) is 0 Å². The molecule has 0 radical (unpaired) electrons. The molecule has 0 bridgehead atoms. The number of thiophene rings is 1. The van der Waals surface area contributed by atoms with Crippen molar-refractivity contribution in [3.05, 3.63) is 20.8 Å². The fourth-order valence-corrected chi connectivity index (χ4v) is 3.32. The van der Waals surface area contributed by atoms with E-state index in [-0.39, 0.29) is 5.78 Å². The average Bonchev–Trinajstić information content (AvgIpc) is 2.62. The summed E-state index contributed by atoms with van der Waals surface area (Å²) in [6.07, 6.45) is 1.15. The van der Waals surface area contributed by atoms with Gasteiger partial charge >= 0.3 is 0 Å². The van der Waals surface area contributed by atoms with Gasteiger partial charge in [-0.05, 0) is 54.6 Å². The monoisotopic (exact) mass is 316 g/mol. The van der Waals surface area contributed by atoms with Crippen LogP contribution in [-0.2, 0) is 0 Å². The van der Waals surface area contributed by atoms with Gasteiger partial charge in [0.15, 0.2) is 5.78 Å². The summed E-state index contributed by atoms with van der Waals surface area (Å²) in [5, 5.41) is 0. The highest BCUT2D eigenvalue weighted by atomic mass is 79.9. The maximum atomic E-state index is 12.1. The van der Waals surface area contributed by atoms with Crippen molar-refractivity contribution >= 4 is 33.0 Å². The molecule has 5 heteroatoms. The van der Waals surface area contributed by atoms with Crippen molar-refractivity contribution in [2.75, 3.05) is 39.8 Å². The van der Waals surface area contributed by atoms with Crippen LogP contribution in [0, 0.1) is 0 Å². The van der Waals surface area contributed by atoms with Crippen LogP contribution in [0.3, 0.4) is 0 Å². The van der Waals surface area contributed by atoms with Crippen molar-refractivity contribution in [1.29, 1.82) is 0 Å². The van der Waals surface area contributed by atoms with Gasteiger partial charge in [0.25, 0.3) is 0 Å². The third-order valence-electron chi connectivity index (χ3n) is 3.03. The molecule has 0 atom stereocenters. The van der Waals surface area contributed by atoms with Gasteiger partial charge in [0.1, 0.15) is 0 Å². The molecule has 3 nitrogen and oxygen atoms in total. The molecule has 0 N–H and O–H groups in total. The molecule has 1 fully saturated rings. The lowest BCUT2D eigenvalue weighted by Gasteiger charge is -2.18. The topological polar surface area (TPSA) is 23.6 Å². The molecule has 1 aliphatic heterocycles. The maximum absolute atomic E-state index is 12.1. The Kier molecular flexibility index (Phi) is 4.73. The van der Waals surface area contributed by atoms with Gasteiger partial charge in [0.05, 0.1) is 15.2 Å². The summed E-state index contributed by atoms with van der Waals surface area (Å²) >= 11 is 4.91. The van der Waals surface area contributed by atoms with E-state index in [4.69, 9.17) is 0 Å². The first-order chi connectivity index (χ1) is 8.15. The van der Waals surface area contributed by atoms with E-state index >= 15 is 0 Å². The predicted molar refractivity (Wildman–Crippen MR) is 74.9 cm³/mol. The fourth-order valence-electron chi connectivity index (χ4n) is 2.00. The zero-order valence-corrected chi connectivity index (χ0v) is 12.4. The van der Waals surface area contributed by atoms with Gasteiger partial charge in [-0.15, -0.1) is 11.3 Å². The van der Waals surface area contributed by atoms with E-state index in [2.05, 4.69) is 32.8 Å². The summed E-state index contributed by atoms with van der Waals surface area (Å²) in [4.78, 5) is 17.5. The van der Waals surface area contributed by atoms with Gasteiger partial charge in [0.2, 0.25) is 0 Å². The summed E-state index contributed by atoms with van der Waals surface area (Å²) in [5.41, 5.74) is 0. The number of hydrogen-bond acceptors (Lipinski definition) is 4. The third-order valence-corrected chi connectivity index (χ3v) is 4.69. The highest BCUT2D eigenvalue weighted by molar-refractivity contribution is 9.11. The molecule has 0 aliphatic carbocycles. The second-order valence-electron chi connectivity index (χ2n) is 4.46. The van der Waals surface area contributed by atoms with Crippen molar-refractivity contribution in [3.63, 3.8) is 0 Å². The molecule has 0 spiro atoms. The number of Topliss-reactive ketones (excluding diaryl/α,β-unsaturated/α-hetero) is 1. The third kappa shape index (κ3) is 3.88. The van der Waals surface area contributed by atoms with Crippen molar-refractivity contribution in [2.45, 2.75) is 6.42 Å². The van der Waals surface area contributed by atoms with Gasteiger partial charge in [-0.1, -0.05) is 0 Å². The van der Waals surface area contributed by atoms with Crippen LogP contribution < -0.4 is 0 Å². The van der Waals surface area contributed by atoms with E-state index in [0.717, 1.165) is 41.3 Å². The molecule has 0 saturated carbocycles. The van der Waals surface area contributed by atoms with Crippen LogP contribution in [0.2, 0.25) is 0 Å². The maximum Gasteiger partial charge on any atom is 0.186 e. The molecule has 17 heavy (non-hydrogen) atoms. The average molecular weight is 317 g/mol. The molecule has 1 aromatic rings. The molecule has 2 rings (SSSR count). The smallest absolute Gasteiger partial charge is 0.186 e. The molecule has 1 aliphatic rings. The van der Waals surface area contributed by atoms with Gasteiger partial charge in [-0.3, -0.25) is 9.69 Å². The minimum Gasteiger partial charge on any atom is -0.305 e. The van der Waals surface area contributed by atoms with Crippen molar-refractivity contribution < 1.29 is 4.79 Å². The lowest BCUT2D eigenvalue weighted by Crippen LogP contribution is -2.33. The summed E-state index contributed by atoms with van der Waals surface area (Å²) in [7, 11) is 2.14. The second-order valence-corrected chi connectivity index (χ2v) is 6.92. The minimum atomic E-state index is 0.241. The van der Waals surface area contributed by atoms with Crippen LogP contribution in [0.1, 0.15) is 16.1 Å². The van der Waals surface area contributed by atoms with Gasteiger partial charge in [0, 0.05) is 13.1 Å². The second kappa shape index (κ2) is 6.09. The fraction of sp³-hybridized carbons (Fsp3) is 0.583. The molecule has 0 unspecified atom stereocenters. The van der Waals surface area contributed by atoms with E-state index in [1.54, 1.807) is 0 Å². The molecule has 2 heterocycles. The van der Waals surface area contributed by atoms with E-state index in [0.29, 0.717) is 6.54 Å². The number of nitrogens with zero attached hydrogens (tertiary/aromatic N) is 2. The van der Waals surface area contributed by atoms with Gasteiger partial charge < -0.3 is 4.90 Å². The van der Waals surface area contributed by atoms with Crippen LogP contribution in [0.15, 0.2) is 15.9 Å². The van der Waals surface area contributed by atoms with Crippen LogP contribution in [0.5, 0.6) is 0 Å². The zero-order valence-electron chi connectivity index (χ0n) is 9.99. The Labute approximate surface area is 115 Å². The van der Waals surface area contributed by atoms with Crippen LogP contribution >= 0.6 is 27.3 Å². The normalized spacial score (nSPS) is 19.2. The Morgan fingerprint density at radius 3 is 2.88 bits per heavy atom. The molecular weight excluding hydrogens is 300 g/mol. The lowest BCUT2D eigenvalue weighted by molar-refractivity contribution is 0.0937. The molecule has 94 valence electrons. The number of carbonyl (C=O) groups is 1. The van der Waals surface area contributed by atoms with Crippen molar-refractivity contribution in [1.82, 2.24) is 9.80 Å². The standard InChI is InChI=1S/C12H17BrN2OS/c1-14-5-2-6-15(8-7-14)9-10(16)11-3-4-12(13)17-11/h3-4H,2,5-9H2,1H3. The Morgan fingerprint density at radius 2 is 2.18 bits per heavy atom. The lowest BCUT2D eigenvalue weighted by atomic mass is 10.3. The first-order valence-electron chi connectivity index (χ1n) is 5.84. The first-order valence-corrected chi connectivity index (χ1v) is 7.45. The SMILES string of the molecule is CN1CCCN(CC(=O)c2ccc(Br)s2)CC1. The van der Waals surface area contributed by atoms with Crippen molar-refractivity contribution in [2.24, 2.45) is 0 Å². The molecular formula is C12H17BrN2OS.